The minimum Gasteiger partial charge on any atom is -0.172 e. The van der Waals surface area contributed by atoms with Crippen LogP contribution in [0.4, 0.5) is 0 Å². The van der Waals surface area contributed by atoms with E-state index in [1.165, 1.54) is 269 Å². The molecule has 0 radical (unpaired) electrons. The van der Waals surface area contributed by atoms with Gasteiger partial charge in [-0.05, 0) is 158 Å². The predicted octanol–water partition coefficient (Wildman–Crippen LogP) is 27.1. The van der Waals surface area contributed by atoms with E-state index < -0.39 is 0 Å². The number of benzene rings is 3. The molecule has 0 fully saturated rings. The highest BCUT2D eigenvalue weighted by Gasteiger charge is 2.42. The van der Waals surface area contributed by atoms with Crippen LogP contribution in [-0.4, -0.2) is 8.75 Å². The largest absolute Gasteiger partial charge is 0.172 e. The molecule has 0 spiro atoms. The van der Waals surface area contributed by atoms with E-state index in [1.54, 1.807) is 11.1 Å². The Morgan fingerprint density at radius 1 is 0.333 bits per heavy atom. The number of aryl methyl sites for hydroxylation is 4. The molecule has 0 amide bonds. The molecule has 440 valence electrons. The third kappa shape index (κ3) is 14.0. The van der Waals surface area contributed by atoms with Crippen LogP contribution in [0.2, 0.25) is 0 Å². The third-order valence-corrected chi connectivity index (χ3v) is 25.9. The molecule has 11 rings (SSSR count). The zero-order chi connectivity index (χ0) is 57.8. The van der Waals surface area contributed by atoms with Crippen LogP contribution in [-0.2, 0) is 18.3 Å². The molecule has 2 nitrogen and oxygen atoms in total. The Labute approximate surface area is 532 Å². The first-order valence-electron chi connectivity index (χ1n) is 32.4. The molecule has 10 aromatic rings. The van der Waals surface area contributed by atoms with Crippen LogP contribution in [0.1, 0.15) is 214 Å². The van der Waals surface area contributed by atoms with E-state index in [4.69, 9.17) is 8.75 Å². The molecular formula is C75H88N2S7. The number of nitrogens with zero attached hydrogens (tertiary/aromatic N) is 2. The fourth-order valence-corrected chi connectivity index (χ4v) is 20.6. The minimum absolute atomic E-state index is 0.106. The summed E-state index contributed by atoms with van der Waals surface area (Å²) in [6.07, 6.45) is 33.7. The molecule has 0 aliphatic heterocycles. The maximum Gasteiger partial charge on any atom is 0.114 e. The van der Waals surface area contributed by atoms with E-state index in [-0.39, 0.29) is 5.41 Å². The molecule has 7 aromatic heterocycles. The van der Waals surface area contributed by atoms with Gasteiger partial charge in [0.25, 0.3) is 0 Å². The Morgan fingerprint density at radius 3 is 1.26 bits per heavy atom. The van der Waals surface area contributed by atoms with Crippen molar-refractivity contribution < 1.29 is 0 Å². The molecular weight excluding hydrogens is 1150 g/mol. The van der Waals surface area contributed by atoms with E-state index in [0.717, 1.165) is 23.9 Å². The van der Waals surface area contributed by atoms with Gasteiger partial charge in [-0.15, -0.1) is 68.0 Å². The van der Waals surface area contributed by atoms with Gasteiger partial charge in [0.2, 0.25) is 0 Å². The van der Waals surface area contributed by atoms with Crippen molar-refractivity contribution in [3.05, 3.63) is 142 Å². The number of unbranched alkanes of at least 4 members (excludes halogenated alkanes) is 18. The zero-order valence-corrected chi connectivity index (χ0v) is 56.7. The summed E-state index contributed by atoms with van der Waals surface area (Å²) in [7, 11) is 0. The van der Waals surface area contributed by atoms with Crippen LogP contribution in [0, 0.1) is 13.8 Å². The molecule has 7 heterocycles. The fourth-order valence-electron chi connectivity index (χ4n) is 13.2. The number of hydrogen-bond donors (Lipinski definition) is 0. The first-order chi connectivity index (χ1) is 41.3. The van der Waals surface area contributed by atoms with E-state index in [9.17, 15) is 0 Å². The Balaban J connectivity index is 0.869. The average Bonchev–Trinajstić information content (AvgIpc) is 1.82. The molecule has 84 heavy (non-hydrogen) atoms. The first kappa shape index (κ1) is 61.3. The number of rotatable bonds is 33. The third-order valence-electron chi connectivity index (χ3n) is 17.9. The van der Waals surface area contributed by atoms with Crippen molar-refractivity contribution in [1.82, 2.24) is 8.75 Å². The summed E-state index contributed by atoms with van der Waals surface area (Å²) in [6.45, 7) is 13.8. The maximum atomic E-state index is 5.10. The van der Waals surface area contributed by atoms with Crippen LogP contribution >= 0.6 is 79.7 Å². The number of hydrogen-bond acceptors (Lipinski definition) is 9. The lowest BCUT2D eigenvalue weighted by molar-refractivity contribution is 0.398. The summed E-state index contributed by atoms with van der Waals surface area (Å²) in [4.78, 5) is 16.4. The second kappa shape index (κ2) is 29.6. The van der Waals surface area contributed by atoms with Crippen LogP contribution in [0.25, 0.3) is 92.5 Å². The van der Waals surface area contributed by atoms with Crippen LogP contribution in [0.3, 0.4) is 0 Å². The topological polar surface area (TPSA) is 25.8 Å². The van der Waals surface area contributed by atoms with E-state index >= 15 is 0 Å². The molecule has 9 heteroatoms. The van der Waals surface area contributed by atoms with Gasteiger partial charge in [-0.1, -0.05) is 204 Å². The van der Waals surface area contributed by atoms with Gasteiger partial charge >= 0.3 is 0 Å². The van der Waals surface area contributed by atoms with Gasteiger partial charge in [0.15, 0.2) is 0 Å². The van der Waals surface area contributed by atoms with E-state index in [0.29, 0.717) is 0 Å². The zero-order valence-electron chi connectivity index (χ0n) is 51.0. The Hall–Kier alpha value is -4.32. The Kier molecular flexibility index (Phi) is 21.6. The molecule has 0 atom stereocenters. The number of fused-ring (bicyclic) bond motifs is 4. The average molecular weight is 1240 g/mol. The smallest absolute Gasteiger partial charge is 0.114 e. The van der Waals surface area contributed by atoms with Gasteiger partial charge in [-0.25, -0.2) is 0 Å². The van der Waals surface area contributed by atoms with Crippen molar-refractivity contribution in [3.8, 4) is 81.5 Å². The monoisotopic (exact) mass is 1240 g/mol. The van der Waals surface area contributed by atoms with Crippen molar-refractivity contribution >= 4 is 90.8 Å². The normalized spacial score (nSPS) is 12.8. The summed E-state index contributed by atoms with van der Waals surface area (Å²) < 4.78 is 10.2. The molecule has 0 saturated heterocycles. The van der Waals surface area contributed by atoms with Crippen molar-refractivity contribution in [2.75, 3.05) is 0 Å². The first-order valence-corrected chi connectivity index (χ1v) is 38.1. The van der Waals surface area contributed by atoms with Gasteiger partial charge in [0.05, 0.1) is 11.7 Å². The summed E-state index contributed by atoms with van der Waals surface area (Å²) >= 11 is 13.1. The van der Waals surface area contributed by atoms with Crippen molar-refractivity contribution in [2.24, 2.45) is 0 Å². The molecule has 0 unspecified atom stereocenters. The lowest BCUT2D eigenvalue weighted by atomic mass is 9.70. The van der Waals surface area contributed by atoms with Crippen LogP contribution < -0.4 is 0 Å². The van der Waals surface area contributed by atoms with Crippen LogP contribution in [0.5, 0.6) is 0 Å². The van der Waals surface area contributed by atoms with Gasteiger partial charge in [-0.2, -0.15) is 8.75 Å². The SMILES string of the molecule is CCCCCCCCc1cc(-c2ccc(-c3cc(CCCCCC)c(-c4ccc(-c5ccc(-c6ccc7c(c6)-c6cc(C)ccc6C7(CCCCCCCC)CCCCCCCC)s5)s4)s3)c3nsnc23)sc1-c1ccc(-c2ccc(C)s2)s1. The van der Waals surface area contributed by atoms with Gasteiger partial charge in [-0.3, -0.25) is 0 Å². The minimum atomic E-state index is 0.106. The van der Waals surface area contributed by atoms with Gasteiger partial charge in [0, 0.05) is 75.1 Å². The summed E-state index contributed by atoms with van der Waals surface area (Å²) in [5, 5.41) is 0. The molecule has 1 aliphatic carbocycles. The highest BCUT2D eigenvalue weighted by atomic mass is 32.1. The Morgan fingerprint density at radius 2 is 0.750 bits per heavy atom. The van der Waals surface area contributed by atoms with Gasteiger partial charge in [0.1, 0.15) is 11.0 Å². The highest BCUT2D eigenvalue weighted by molar-refractivity contribution is 7.28. The van der Waals surface area contributed by atoms with E-state index in [2.05, 4.69) is 151 Å². The maximum absolute atomic E-state index is 5.10. The molecule has 0 N–H and O–H groups in total. The Bertz CT molecular complexity index is 3690. The standard InChI is InChI=1S/C75H88N2S7/c1-7-11-15-19-22-26-30-55-50-70(83-74(55)67-43-41-64(80-67)63-38-32-52(6)78-63)57-35-34-56(71-72(57)77-84-76-71)69-49-54(29-25-18-14-10-4)73(82-69)68-44-42-66(81-68)65-40-39-62(79-65)53-33-37-61-59(48-53)58-47-51(5)31-36-60(58)75(61,45-27-23-20-16-12-8-2)46-28-24-21-17-13-9-3/h31-44,47-50H,7-30,45-46H2,1-6H3. The second-order valence-corrected chi connectivity index (χ2v) is 31.4. The lowest BCUT2D eigenvalue weighted by Gasteiger charge is -2.33. The number of aromatic nitrogens is 2. The second-order valence-electron chi connectivity index (χ2n) is 24.2. The summed E-state index contributed by atoms with van der Waals surface area (Å²) in [6, 6.07) is 43.6. The summed E-state index contributed by atoms with van der Waals surface area (Å²) in [5.41, 5.74) is 16.4. The highest BCUT2D eigenvalue weighted by Crippen LogP contribution is 2.56. The lowest BCUT2D eigenvalue weighted by Crippen LogP contribution is -2.25. The summed E-state index contributed by atoms with van der Waals surface area (Å²) in [5.74, 6) is 0. The van der Waals surface area contributed by atoms with Crippen molar-refractivity contribution in [3.63, 3.8) is 0 Å². The molecule has 3 aromatic carbocycles. The molecule has 1 aliphatic rings. The van der Waals surface area contributed by atoms with Crippen molar-refractivity contribution in [1.29, 1.82) is 0 Å². The fraction of sp³-hybridized carbons (Fsp3) is 0.440. The van der Waals surface area contributed by atoms with Crippen LogP contribution in [0.15, 0.2) is 109 Å². The van der Waals surface area contributed by atoms with E-state index in [1.807, 2.05) is 68.0 Å². The molecule has 0 saturated carbocycles. The predicted molar refractivity (Wildman–Crippen MR) is 379 cm³/mol. The van der Waals surface area contributed by atoms with Gasteiger partial charge < -0.3 is 0 Å². The quantitative estimate of drug-likeness (QED) is 0.0383. The number of thiophene rings is 6. The van der Waals surface area contributed by atoms with Crippen molar-refractivity contribution in [2.45, 2.75) is 214 Å². The molecule has 0 bridgehead atoms.